The molecule has 3 unspecified atom stereocenters. The zero-order valence-corrected chi connectivity index (χ0v) is 15.6. The number of carbonyl (C=O) groups excluding carboxylic acids is 1. The highest BCUT2D eigenvalue weighted by Gasteiger charge is 2.39. The summed E-state index contributed by atoms with van der Waals surface area (Å²) in [7, 11) is 0. The Morgan fingerprint density at radius 1 is 1.36 bits per heavy atom. The molecule has 0 aliphatic heterocycles. The molecule has 0 heterocycles. The van der Waals surface area contributed by atoms with Crippen molar-refractivity contribution in [2.75, 3.05) is 12.0 Å². The van der Waals surface area contributed by atoms with Crippen molar-refractivity contribution in [2.45, 2.75) is 49.9 Å². The van der Waals surface area contributed by atoms with Gasteiger partial charge in [-0.3, -0.25) is 4.79 Å². The largest absolute Gasteiger partial charge is 0.416 e. The van der Waals surface area contributed by atoms with E-state index in [1.165, 1.54) is 12.1 Å². The first-order valence-electron chi connectivity index (χ1n) is 8.05. The molecule has 25 heavy (non-hydrogen) atoms. The Bertz CT molecular complexity index is 571. The van der Waals surface area contributed by atoms with Gasteiger partial charge in [0.15, 0.2) is 0 Å². The average molecular weight is 397 g/mol. The fourth-order valence-electron chi connectivity index (χ4n) is 3.25. The number of hydrogen-bond acceptors (Lipinski definition) is 3. The third kappa shape index (κ3) is 5.79. The zero-order chi connectivity index (χ0) is 17.7. The molecule has 0 spiro atoms. The van der Waals surface area contributed by atoms with E-state index in [1.54, 1.807) is 17.8 Å². The van der Waals surface area contributed by atoms with Gasteiger partial charge in [0.2, 0.25) is 5.91 Å². The molecule has 1 aliphatic carbocycles. The van der Waals surface area contributed by atoms with E-state index in [0.29, 0.717) is 19.3 Å². The van der Waals surface area contributed by atoms with Gasteiger partial charge in [0.25, 0.3) is 0 Å². The maximum atomic E-state index is 13.2. The third-order valence-corrected chi connectivity index (χ3v) is 5.12. The molecule has 1 fully saturated rings. The van der Waals surface area contributed by atoms with Crippen molar-refractivity contribution < 1.29 is 18.0 Å². The highest BCUT2D eigenvalue weighted by molar-refractivity contribution is 7.98. The first-order valence-corrected chi connectivity index (χ1v) is 9.45. The Labute approximate surface area is 156 Å². The van der Waals surface area contributed by atoms with Crippen molar-refractivity contribution in [2.24, 2.45) is 5.73 Å². The van der Waals surface area contributed by atoms with Crippen molar-refractivity contribution >= 4 is 30.1 Å². The van der Waals surface area contributed by atoms with E-state index in [1.807, 2.05) is 6.26 Å². The lowest BCUT2D eigenvalue weighted by Crippen LogP contribution is -2.46. The number of halogens is 4. The molecule has 142 valence electrons. The molecule has 0 bridgehead atoms. The molecule has 3 N–H and O–H groups in total. The minimum atomic E-state index is -4.39. The summed E-state index contributed by atoms with van der Waals surface area (Å²) in [5.74, 6) is 0.185. The molecule has 1 amide bonds. The predicted octanol–water partition coefficient (Wildman–Crippen LogP) is 3.96. The van der Waals surface area contributed by atoms with E-state index in [2.05, 4.69) is 5.32 Å². The number of amides is 1. The summed E-state index contributed by atoms with van der Waals surface area (Å²) in [6, 6.07) is 4.74. The van der Waals surface area contributed by atoms with Crippen LogP contribution in [-0.4, -0.2) is 30.0 Å². The molecular formula is C17H24ClF3N2OS. The van der Waals surface area contributed by atoms with Crippen LogP contribution in [0, 0.1) is 0 Å². The minimum absolute atomic E-state index is 0. The first kappa shape index (κ1) is 22.1. The molecule has 3 nitrogen and oxygen atoms in total. The standard InChI is InChI=1S/C17H23F3N2OS.ClH/c1-24-10-9-14(21)16(23)22-15-8-4-6-12(15)11-5-2-3-7-13(11)17(18,19)20;/h2-3,5,7,12,14-15H,4,6,8-10,21H2,1H3,(H,22,23);1H. The van der Waals surface area contributed by atoms with Gasteiger partial charge < -0.3 is 11.1 Å². The average Bonchev–Trinajstić information content (AvgIpc) is 2.99. The normalized spacial score (nSPS) is 21.5. The second-order valence-electron chi connectivity index (χ2n) is 6.13. The van der Waals surface area contributed by atoms with Crippen LogP contribution in [0.2, 0.25) is 0 Å². The number of nitrogens with one attached hydrogen (secondary N) is 1. The molecule has 2 rings (SSSR count). The lowest BCUT2D eigenvalue weighted by atomic mass is 9.89. The summed E-state index contributed by atoms with van der Waals surface area (Å²) >= 11 is 1.61. The molecule has 3 atom stereocenters. The molecule has 0 aromatic heterocycles. The van der Waals surface area contributed by atoms with Crippen LogP contribution in [0.15, 0.2) is 24.3 Å². The van der Waals surface area contributed by atoms with Gasteiger partial charge in [0, 0.05) is 12.0 Å². The minimum Gasteiger partial charge on any atom is -0.351 e. The predicted molar refractivity (Wildman–Crippen MR) is 98.2 cm³/mol. The van der Waals surface area contributed by atoms with Crippen LogP contribution in [0.5, 0.6) is 0 Å². The van der Waals surface area contributed by atoms with Gasteiger partial charge >= 0.3 is 6.18 Å². The van der Waals surface area contributed by atoms with Crippen molar-refractivity contribution in [3.8, 4) is 0 Å². The summed E-state index contributed by atoms with van der Waals surface area (Å²) in [5.41, 5.74) is 5.52. The Morgan fingerprint density at radius 3 is 2.68 bits per heavy atom. The van der Waals surface area contributed by atoms with Crippen molar-refractivity contribution in [3.63, 3.8) is 0 Å². The number of thioether (sulfide) groups is 1. The lowest BCUT2D eigenvalue weighted by Gasteiger charge is -2.25. The van der Waals surface area contributed by atoms with E-state index < -0.39 is 17.8 Å². The molecule has 0 radical (unpaired) electrons. The van der Waals surface area contributed by atoms with E-state index in [0.717, 1.165) is 18.2 Å². The summed E-state index contributed by atoms with van der Waals surface area (Å²) in [5, 5.41) is 2.87. The number of benzene rings is 1. The zero-order valence-electron chi connectivity index (χ0n) is 14.0. The van der Waals surface area contributed by atoms with E-state index >= 15 is 0 Å². The highest BCUT2D eigenvalue weighted by atomic mass is 35.5. The fourth-order valence-corrected chi connectivity index (χ4v) is 3.74. The summed E-state index contributed by atoms with van der Waals surface area (Å²) in [6.45, 7) is 0. The van der Waals surface area contributed by atoms with Crippen molar-refractivity contribution in [1.29, 1.82) is 0 Å². The van der Waals surface area contributed by atoms with Crippen LogP contribution < -0.4 is 11.1 Å². The van der Waals surface area contributed by atoms with Crippen LogP contribution in [0.4, 0.5) is 13.2 Å². The molecule has 1 aliphatic rings. The number of nitrogens with two attached hydrogens (primary N) is 1. The smallest absolute Gasteiger partial charge is 0.351 e. The van der Waals surface area contributed by atoms with Crippen molar-refractivity contribution in [3.05, 3.63) is 35.4 Å². The van der Waals surface area contributed by atoms with Crippen molar-refractivity contribution in [1.82, 2.24) is 5.32 Å². The molecule has 0 saturated heterocycles. The number of carbonyl (C=O) groups is 1. The first-order chi connectivity index (χ1) is 11.3. The molecule has 8 heteroatoms. The quantitative estimate of drug-likeness (QED) is 0.765. The number of alkyl halides is 3. The van der Waals surface area contributed by atoms with E-state index in [9.17, 15) is 18.0 Å². The summed E-state index contributed by atoms with van der Waals surface area (Å²) in [4.78, 5) is 12.2. The molecule has 1 saturated carbocycles. The van der Waals surface area contributed by atoms with Gasteiger partial charge in [-0.25, -0.2) is 0 Å². The summed E-state index contributed by atoms with van der Waals surface area (Å²) < 4.78 is 39.7. The maximum Gasteiger partial charge on any atom is 0.416 e. The van der Waals surface area contributed by atoms with Gasteiger partial charge in [0.05, 0.1) is 11.6 Å². The van der Waals surface area contributed by atoms with Crippen LogP contribution in [0.25, 0.3) is 0 Å². The van der Waals surface area contributed by atoms with Gasteiger partial charge in [-0.05, 0) is 42.9 Å². The highest BCUT2D eigenvalue weighted by Crippen LogP contribution is 2.41. The van der Waals surface area contributed by atoms with Crippen LogP contribution in [0.1, 0.15) is 42.7 Å². The Morgan fingerprint density at radius 2 is 2.04 bits per heavy atom. The van der Waals surface area contributed by atoms with Crippen LogP contribution >= 0.6 is 24.2 Å². The molecular weight excluding hydrogens is 373 g/mol. The summed E-state index contributed by atoms with van der Waals surface area (Å²) in [6.07, 6.45) is 0.218. The second kappa shape index (κ2) is 9.69. The van der Waals surface area contributed by atoms with Crippen LogP contribution in [0.3, 0.4) is 0 Å². The fraction of sp³-hybridized carbons (Fsp3) is 0.588. The number of hydrogen-bond donors (Lipinski definition) is 2. The number of rotatable bonds is 6. The van der Waals surface area contributed by atoms with Gasteiger partial charge in [-0.1, -0.05) is 24.6 Å². The van der Waals surface area contributed by atoms with E-state index in [4.69, 9.17) is 5.73 Å². The topological polar surface area (TPSA) is 55.1 Å². The third-order valence-electron chi connectivity index (χ3n) is 4.48. The van der Waals surface area contributed by atoms with Gasteiger partial charge in [-0.2, -0.15) is 24.9 Å². The Hall–Kier alpha value is -0.920. The van der Waals surface area contributed by atoms with Gasteiger partial charge in [-0.15, -0.1) is 12.4 Å². The molecule has 1 aromatic carbocycles. The Kier molecular flexibility index (Phi) is 8.57. The SMILES string of the molecule is CSCCC(N)C(=O)NC1CCCC1c1ccccc1C(F)(F)F.Cl. The Balaban J connectivity index is 0.00000312. The van der Waals surface area contributed by atoms with E-state index in [-0.39, 0.29) is 35.8 Å². The monoisotopic (exact) mass is 396 g/mol. The van der Waals surface area contributed by atoms with Crippen LogP contribution in [-0.2, 0) is 11.0 Å². The van der Waals surface area contributed by atoms with Gasteiger partial charge in [0.1, 0.15) is 0 Å². The second-order valence-corrected chi connectivity index (χ2v) is 7.11. The lowest BCUT2D eigenvalue weighted by molar-refractivity contribution is -0.138. The molecule has 1 aromatic rings. The maximum absolute atomic E-state index is 13.2.